The highest BCUT2D eigenvalue weighted by molar-refractivity contribution is 9.10. The first-order valence-corrected chi connectivity index (χ1v) is 7.02. The predicted molar refractivity (Wildman–Crippen MR) is 82.5 cm³/mol. The normalized spacial score (nSPS) is 12.1. The van der Waals surface area contributed by atoms with E-state index in [0.29, 0.717) is 11.5 Å². The second-order valence-electron chi connectivity index (χ2n) is 4.54. The summed E-state index contributed by atoms with van der Waals surface area (Å²) in [6, 6.07) is 11.3. The zero-order valence-electron chi connectivity index (χ0n) is 11.7. The van der Waals surface area contributed by atoms with E-state index in [0.717, 1.165) is 21.2 Å². The molecule has 0 saturated carbocycles. The number of hydrogen-bond donors (Lipinski definition) is 1. The van der Waals surface area contributed by atoms with Crippen molar-refractivity contribution in [2.45, 2.75) is 13.0 Å². The van der Waals surface area contributed by atoms with Gasteiger partial charge in [0, 0.05) is 4.47 Å². The lowest BCUT2D eigenvalue weighted by atomic mass is 10.00. The molecule has 0 radical (unpaired) electrons. The van der Waals surface area contributed by atoms with Crippen LogP contribution in [0.15, 0.2) is 40.9 Å². The predicted octanol–water partition coefficient (Wildman–Crippen LogP) is 3.86. The number of hydrogen-bond acceptors (Lipinski definition) is 3. The summed E-state index contributed by atoms with van der Waals surface area (Å²) in [4.78, 5) is 0. The molecule has 0 fully saturated rings. The van der Waals surface area contributed by atoms with Gasteiger partial charge < -0.3 is 14.6 Å². The van der Waals surface area contributed by atoms with Crippen LogP contribution in [0.25, 0.3) is 0 Å². The van der Waals surface area contributed by atoms with Crippen LogP contribution in [0, 0.1) is 6.92 Å². The van der Waals surface area contributed by atoms with Gasteiger partial charge in [-0.25, -0.2) is 0 Å². The van der Waals surface area contributed by atoms with Crippen LogP contribution in [0.5, 0.6) is 11.5 Å². The Morgan fingerprint density at radius 1 is 1.00 bits per heavy atom. The van der Waals surface area contributed by atoms with E-state index in [4.69, 9.17) is 9.47 Å². The summed E-state index contributed by atoms with van der Waals surface area (Å²) < 4.78 is 11.4. The lowest BCUT2D eigenvalue weighted by Crippen LogP contribution is -2.02. The molecule has 0 spiro atoms. The minimum atomic E-state index is -0.718. The Morgan fingerprint density at radius 2 is 1.70 bits per heavy atom. The van der Waals surface area contributed by atoms with Crippen molar-refractivity contribution >= 4 is 15.9 Å². The van der Waals surface area contributed by atoms with Crippen molar-refractivity contribution in [3.8, 4) is 11.5 Å². The third-order valence-electron chi connectivity index (χ3n) is 3.17. The molecule has 0 aliphatic heterocycles. The largest absolute Gasteiger partial charge is 0.493 e. The first kappa shape index (κ1) is 14.9. The molecule has 0 saturated heterocycles. The average Bonchev–Trinajstić information content (AvgIpc) is 2.45. The van der Waals surface area contributed by atoms with Crippen LogP contribution < -0.4 is 9.47 Å². The number of halogens is 1. The van der Waals surface area contributed by atoms with Gasteiger partial charge in [0.1, 0.15) is 6.10 Å². The van der Waals surface area contributed by atoms with Crippen LogP contribution in [0.3, 0.4) is 0 Å². The molecule has 0 bridgehead atoms. The molecule has 0 amide bonds. The number of ether oxygens (including phenoxy) is 2. The van der Waals surface area contributed by atoms with Gasteiger partial charge in [0.15, 0.2) is 11.5 Å². The van der Waals surface area contributed by atoms with Crippen molar-refractivity contribution in [1.82, 2.24) is 0 Å². The van der Waals surface area contributed by atoms with E-state index in [1.807, 2.05) is 31.2 Å². The molecule has 4 heteroatoms. The van der Waals surface area contributed by atoms with Crippen molar-refractivity contribution in [3.63, 3.8) is 0 Å². The topological polar surface area (TPSA) is 38.7 Å². The first-order valence-electron chi connectivity index (χ1n) is 6.23. The summed E-state index contributed by atoms with van der Waals surface area (Å²) in [7, 11) is 3.17. The van der Waals surface area contributed by atoms with Crippen molar-refractivity contribution in [1.29, 1.82) is 0 Å². The van der Waals surface area contributed by atoms with Gasteiger partial charge in [-0.2, -0.15) is 0 Å². The number of aryl methyl sites for hydroxylation is 1. The fraction of sp³-hybridized carbons (Fsp3) is 0.250. The highest BCUT2D eigenvalue weighted by Crippen LogP contribution is 2.34. The van der Waals surface area contributed by atoms with Gasteiger partial charge in [-0.1, -0.05) is 34.1 Å². The van der Waals surface area contributed by atoms with E-state index in [-0.39, 0.29) is 0 Å². The maximum absolute atomic E-state index is 10.5. The van der Waals surface area contributed by atoms with Gasteiger partial charge in [0.25, 0.3) is 0 Å². The second kappa shape index (κ2) is 6.29. The number of benzene rings is 2. The Kier molecular flexibility index (Phi) is 4.68. The zero-order chi connectivity index (χ0) is 14.7. The van der Waals surface area contributed by atoms with Crippen LogP contribution in [0.2, 0.25) is 0 Å². The van der Waals surface area contributed by atoms with Crippen molar-refractivity contribution in [2.75, 3.05) is 14.2 Å². The lowest BCUT2D eigenvalue weighted by Gasteiger charge is -2.16. The Morgan fingerprint density at radius 3 is 2.30 bits per heavy atom. The standard InChI is InChI=1S/C16H17BrO3/c1-10-4-6-12(13(17)8-10)16(18)11-5-7-14(19-2)15(9-11)20-3/h4-9,16,18H,1-3H3. The first-order chi connectivity index (χ1) is 9.56. The third-order valence-corrected chi connectivity index (χ3v) is 3.86. The third kappa shape index (κ3) is 2.97. The number of rotatable bonds is 4. The summed E-state index contributed by atoms with van der Waals surface area (Å²) >= 11 is 3.49. The SMILES string of the molecule is COc1ccc(C(O)c2ccc(C)cc2Br)cc1OC. The fourth-order valence-electron chi connectivity index (χ4n) is 2.06. The summed E-state index contributed by atoms with van der Waals surface area (Å²) in [6.07, 6.45) is -0.718. The van der Waals surface area contributed by atoms with Gasteiger partial charge in [-0.3, -0.25) is 0 Å². The molecule has 1 unspecified atom stereocenters. The second-order valence-corrected chi connectivity index (χ2v) is 5.40. The molecule has 3 nitrogen and oxygen atoms in total. The summed E-state index contributed by atoms with van der Waals surface area (Å²) in [5.41, 5.74) is 2.72. The Balaban J connectivity index is 2.40. The van der Waals surface area contributed by atoms with Crippen molar-refractivity contribution < 1.29 is 14.6 Å². The Bertz CT molecular complexity index is 611. The van der Waals surface area contributed by atoms with Gasteiger partial charge >= 0.3 is 0 Å². The molecular formula is C16H17BrO3. The maximum atomic E-state index is 10.5. The van der Waals surface area contributed by atoms with E-state index in [9.17, 15) is 5.11 Å². The maximum Gasteiger partial charge on any atom is 0.161 e. The lowest BCUT2D eigenvalue weighted by molar-refractivity contribution is 0.218. The van der Waals surface area contributed by atoms with Gasteiger partial charge in [-0.05, 0) is 41.8 Å². The van der Waals surface area contributed by atoms with E-state index in [1.165, 1.54) is 0 Å². The highest BCUT2D eigenvalue weighted by atomic mass is 79.9. The molecule has 2 rings (SSSR count). The van der Waals surface area contributed by atoms with Gasteiger partial charge in [0.05, 0.1) is 14.2 Å². The molecule has 2 aromatic carbocycles. The number of aliphatic hydroxyl groups excluding tert-OH is 1. The van der Waals surface area contributed by atoms with Crippen LogP contribution in [0.1, 0.15) is 22.8 Å². The molecule has 106 valence electrons. The van der Waals surface area contributed by atoms with Crippen LogP contribution in [0.4, 0.5) is 0 Å². The summed E-state index contributed by atoms with van der Waals surface area (Å²) in [5, 5.41) is 10.5. The van der Waals surface area contributed by atoms with E-state index in [2.05, 4.69) is 15.9 Å². The zero-order valence-corrected chi connectivity index (χ0v) is 13.3. The smallest absolute Gasteiger partial charge is 0.161 e. The molecule has 2 aromatic rings. The van der Waals surface area contributed by atoms with Crippen molar-refractivity contribution in [3.05, 3.63) is 57.6 Å². The molecule has 20 heavy (non-hydrogen) atoms. The minimum Gasteiger partial charge on any atom is -0.493 e. The van der Waals surface area contributed by atoms with Gasteiger partial charge in [-0.15, -0.1) is 0 Å². The Hall–Kier alpha value is -1.52. The number of methoxy groups -OCH3 is 2. The average molecular weight is 337 g/mol. The molecule has 1 N–H and O–H groups in total. The van der Waals surface area contributed by atoms with Crippen molar-refractivity contribution in [2.24, 2.45) is 0 Å². The van der Waals surface area contributed by atoms with Gasteiger partial charge in [0.2, 0.25) is 0 Å². The molecular weight excluding hydrogens is 320 g/mol. The summed E-state index contributed by atoms with van der Waals surface area (Å²) in [5.74, 6) is 1.25. The van der Waals surface area contributed by atoms with Crippen LogP contribution in [-0.4, -0.2) is 19.3 Å². The van der Waals surface area contributed by atoms with Crippen LogP contribution >= 0.6 is 15.9 Å². The Labute approximate surface area is 127 Å². The van der Waals surface area contributed by atoms with Crippen LogP contribution in [-0.2, 0) is 0 Å². The van der Waals surface area contributed by atoms with E-state index in [1.54, 1.807) is 26.4 Å². The molecule has 0 aliphatic carbocycles. The number of aliphatic hydroxyl groups is 1. The molecule has 0 aliphatic rings. The minimum absolute atomic E-state index is 0.604. The quantitative estimate of drug-likeness (QED) is 0.921. The molecule has 1 atom stereocenters. The fourth-order valence-corrected chi connectivity index (χ4v) is 2.77. The van der Waals surface area contributed by atoms with E-state index >= 15 is 0 Å². The highest BCUT2D eigenvalue weighted by Gasteiger charge is 2.16. The summed E-state index contributed by atoms with van der Waals surface area (Å²) in [6.45, 7) is 2.01. The molecule has 0 aromatic heterocycles. The monoisotopic (exact) mass is 336 g/mol. The molecule has 0 heterocycles. The van der Waals surface area contributed by atoms with E-state index < -0.39 is 6.10 Å².